The molecule has 2 aromatic rings. The van der Waals surface area contributed by atoms with Crippen LogP contribution in [0.3, 0.4) is 0 Å². The first-order valence-electron chi connectivity index (χ1n) is 8.42. The van der Waals surface area contributed by atoms with E-state index in [1.165, 1.54) is 0 Å². The molecule has 2 rings (SSSR count). The predicted octanol–water partition coefficient (Wildman–Crippen LogP) is 3.20. The van der Waals surface area contributed by atoms with Gasteiger partial charge in [-0.25, -0.2) is 0 Å². The van der Waals surface area contributed by atoms with Crippen molar-refractivity contribution in [2.24, 2.45) is 0 Å². The average molecular weight is 466 g/mol. The van der Waals surface area contributed by atoms with E-state index in [9.17, 15) is 9.59 Å². The predicted molar refractivity (Wildman–Crippen MR) is 114 cm³/mol. The molecule has 0 spiro atoms. The van der Waals surface area contributed by atoms with Gasteiger partial charge in [0.05, 0.1) is 19.3 Å². The molecule has 0 aromatic heterocycles. The summed E-state index contributed by atoms with van der Waals surface area (Å²) in [4.78, 5) is 24.6. The van der Waals surface area contributed by atoms with Gasteiger partial charge in [-0.05, 0) is 61.1 Å². The van der Waals surface area contributed by atoms with E-state index in [-0.39, 0.29) is 5.11 Å². The number of hydrogen-bond acceptors (Lipinski definition) is 5. The zero-order chi connectivity index (χ0) is 20.5. The highest BCUT2D eigenvalue weighted by molar-refractivity contribution is 9.10. The summed E-state index contributed by atoms with van der Waals surface area (Å²) < 4.78 is 11.4. The lowest BCUT2D eigenvalue weighted by atomic mass is 10.2. The van der Waals surface area contributed by atoms with Gasteiger partial charge in [-0.15, -0.1) is 0 Å². The van der Waals surface area contributed by atoms with Crippen molar-refractivity contribution in [3.8, 4) is 11.5 Å². The van der Waals surface area contributed by atoms with Crippen molar-refractivity contribution in [1.29, 1.82) is 0 Å². The van der Waals surface area contributed by atoms with Crippen LogP contribution in [0.15, 0.2) is 46.9 Å². The lowest BCUT2D eigenvalue weighted by molar-refractivity contribution is 0.0933. The van der Waals surface area contributed by atoms with Gasteiger partial charge in [0, 0.05) is 10.0 Å². The monoisotopic (exact) mass is 465 g/mol. The van der Waals surface area contributed by atoms with Crippen LogP contribution in [-0.4, -0.2) is 30.6 Å². The molecule has 0 aliphatic carbocycles. The van der Waals surface area contributed by atoms with Crippen LogP contribution in [0.2, 0.25) is 0 Å². The molecule has 3 N–H and O–H groups in total. The summed E-state index contributed by atoms with van der Waals surface area (Å²) in [5.74, 6) is 0.229. The van der Waals surface area contributed by atoms with Crippen LogP contribution in [0.5, 0.6) is 11.5 Å². The number of thiocarbonyl (C=S) groups is 1. The Labute approximate surface area is 176 Å². The first-order chi connectivity index (χ1) is 13.4. The molecule has 0 aliphatic rings. The van der Waals surface area contributed by atoms with E-state index >= 15 is 0 Å². The zero-order valence-electron chi connectivity index (χ0n) is 15.4. The maximum absolute atomic E-state index is 12.5. The van der Waals surface area contributed by atoms with Crippen LogP contribution in [0.1, 0.15) is 34.1 Å². The Kier molecular flexibility index (Phi) is 8.21. The standard InChI is InChI=1S/C19H20BrN3O4S/c1-3-10-27-16-9-6-13(20)11-15(16)18(25)21-19(28)23-22-17(24)12-4-7-14(26-2)8-5-12/h4-9,11H,3,10H2,1-2H3,(H,22,24)(H2,21,23,25,28). The number of rotatable bonds is 6. The lowest BCUT2D eigenvalue weighted by Gasteiger charge is -2.13. The maximum atomic E-state index is 12.5. The quantitative estimate of drug-likeness (QED) is 0.448. The molecule has 0 radical (unpaired) electrons. The van der Waals surface area contributed by atoms with Gasteiger partial charge < -0.3 is 9.47 Å². The summed E-state index contributed by atoms with van der Waals surface area (Å²) in [5, 5.41) is 2.46. The van der Waals surface area contributed by atoms with Gasteiger partial charge in [-0.3, -0.25) is 25.8 Å². The number of ether oxygens (including phenoxy) is 2. The first-order valence-corrected chi connectivity index (χ1v) is 9.62. The molecule has 0 unspecified atom stereocenters. The average Bonchev–Trinajstić information content (AvgIpc) is 2.71. The van der Waals surface area contributed by atoms with E-state index in [0.717, 1.165) is 10.9 Å². The Bertz CT molecular complexity index is 859. The maximum Gasteiger partial charge on any atom is 0.269 e. The topological polar surface area (TPSA) is 88.7 Å². The van der Waals surface area contributed by atoms with Crippen molar-refractivity contribution < 1.29 is 19.1 Å². The van der Waals surface area contributed by atoms with E-state index in [4.69, 9.17) is 21.7 Å². The summed E-state index contributed by atoms with van der Waals surface area (Å²) in [6.07, 6.45) is 0.814. The van der Waals surface area contributed by atoms with Crippen LogP contribution < -0.4 is 25.6 Å². The molecule has 0 bridgehead atoms. The van der Waals surface area contributed by atoms with Crippen LogP contribution in [0.25, 0.3) is 0 Å². The number of methoxy groups -OCH3 is 1. The molecule has 0 atom stereocenters. The fraction of sp³-hybridized carbons (Fsp3) is 0.211. The van der Waals surface area contributed by atoms with E-state index in [2.05, 4.69) is 32.1 Å². The zero-order valence-corrected chi connectivity index (χ0v) is 17.8. The van der Waals surface area contributed by atoms with Crippen LogP contribution in [-0.2, 0) is 0 Å². The van der Waals surface area contributed by atoms with Gasteiger partial charge in [-0.2, -0.15) is 0 Å². The molecule has 2 amide bonds. The summed E-state index contributed by atoms with van der Waals surface area (Å²) in [6, 6.07) is 11.7. The lowest BCUT2D eigenvalue weighted by Crippen LogP contribution is -2.48. The van der Waals surface area contributed by atoms with Gasteiger partial charge in [0.2, 0.25) is 0 Å². The van der Waals surface area contributed by atoms with Crippen molar-refractivity contribution in [3.63, 3.8) is 0 Å². The van der Waals surface area contributed by atoms with Crippen molar-refractivity contribution >= 4 is 45.1 Å². The highest BCUT2D eigenvalue weighted by Gasteiger charge is 2.15. The molecule has 28 heavy (non-hydrogen) atoms. The highest BCUT2D eigenvalue weighted by Crippen LogP contribution is 2.23. The second-order valence-electron chi connectivity index (χ2n) is 5.58. The molecule has 0 saturated carbocycles. The van der Waals surface area contributed by atoms with Crippen LogP contribution in [0.4, 0.5) is 0 Å². The molecule has 0 fully saturated rings. The molecule has 0 saturated heterocycles. The Hall–Kier alpha value is -2.65. The minimum absolute atomic E-state index is 0.0479. The van der Waals surface area contributed by atoms with E-state index < -0.39 is 11.8 Å². The van der Waals surface area contributed by atoms with Crippen molar-refractivity contribution in [1.82, 2.24) is 16.2 Å². The number of nitrogens with one attached hydrogen (secondary N) is 3. The van der Waals surface area contributed by atoms with Gasteiger partial charge >= 0.3 is 0 Å². The number of benzene rings is 2. The van der Waals surface area contributed by atoms with Crippen molar-refractivity contribution in [2.75, 3.05) is 13.7 Å². The minimum Gasteiger partial charge on any atom is -0.497 e. The van der Waals surface area contributed by atoms with Crippen LogP contribution >= 0.6 is 28.1 Å². The third-order valence-electron chi connectivity index (χ3n) is 3.52. The van der Waals surface area contributed by atoms with Gasteiger partial charge in [0.25, 0.3) is 11.8 Å². The van der Waals surface area contributed by atoms with Crippen molar-refractivity contribution in [2.45, 2.75) is 13.3 Å². The van der Waals surface area contributed by atoms with E-state index in [0.29, 0.717) is 29.2 Å². The number of carbonyl (C=O) groups excluding carboxylic acids is 2. The highest BCUT2D eigenvalue weighted by atomic mass is 79.9. The molecule has 9 heteroatoms. The van der Waals surface area contributed by atoms with Crippen LogP contribution in [0, 0.1) is 0 Å². The fourth-order valence-corrected chi connectivity index (χ4v) is 2.65. The second kappa shape index (κ2) is 10.6. The summed E-state index contributed by atoms with van der Waals surface area (Å²) >= 11 is 8.41. The first kappa shape index (κ1) is 21.6. The second-order valence-corrected chi connectivity index (χ2v) is 6.90. The molecular formula is C19H20BrN3O4S. The molecule has 0 aliphatic heterocycles. The number of amides is 2. The van der Waals surface area contributed by atoms with Crippen molar-refractivity contribution in [3.05, 3.63) is 58.1 Å². The number of halogens is 1. The number of hydrogen-bond donors (Lipinski definition) is 3. The summed E-state index contributed by atoms with van der Waals surface area (Å²) in [6.45, 7) is 2.46. The Morgan fingerprint density at radius 3 is 2.43 bits per heavy atom. The van der Waals surface area contributed by atoms with E-state index in [1.54, 1.807) is 49.6 Å². The minimum atomic E-state index is -0.455. The third-order valence-corrected chi connectivity index (χ3v) is 4.21. The summed E-state index contributed by atoms with van der Waals surface area (Å²) in [5.41, 5.74) is 5.67. The Balaban J connectivity index is 1.94. The fourth-order valence-electron chi connectivity index (χ4n) is 2.15. The summed E-state index contributed by atoms with van der Waals surface area (Å²) in [7, 11) is 1.54. The van der Waals surface area contributed by atoms with Gasteiger partial charge in [0.15, 0.2) is 5.11 Å². The SMILES string of the molecule is CCCOc1ccc(Br)cc1C(=O)NC(=S)NNC(=O)c1ccc(OC)cc1. The normalized spacial score (nSPS) is 9.96. The number of carbonyl (C=O) groups is 2. The molecule has 7 nitrogen and oxygen atoms in total. The largest absolute Gasteiger partial charge is 0.497 e. The Morgan fingerprint density at radius 1 is 1.07 bits per heavy atom. The molecule has 0 heterocycles. The number of hydrazine groups is 1. The Morgan fingerprint density at radius 2 is 1.79 bits per heavy atom. The molecule has 2 aromatic carbocycles. The van der Waals surface area contributed by atoms with E-state index in [1.807, 2.05) is 6.92 Å². The molecule has 148 valence electrons. The smallest absolute Gasteiger partial charge is 0.269 e. The third kappa shape index (κ3) is 6.21. The van der Waals surface area contributed by atoms with Gasteiger partial charge in [0.1, 0.15) is 11.5 Å². The molecular weight excluding hydrogens is 446 g/mol. The van der Waals surface area contributed by atoms with Gasteiger partial charge in [-0.1, -0.05) is 22.9 Å².